The van der Waals surface area contributed by atoms with Gasteiger partial charge in [0.1, 0.15) is 0 Å². The van der Waals surface area contributed by atoms with Crippen LogP contribution in [-0.2, 0) is 0 Å². The van der Waals surface area contributed by atoms with Crippen molar-refractivity contribution >= 4 is 16.6 Å². The van der Waals surface area contributed by atoms with Crippen LogP contribution >= 0.6 is 0 Å². The third kappa shape index (κ3) is 3.08. The number of fused-ring (bicyclic) bond motifs is 1. The molecule has 1 saturated heterocycles. The van der Waals surface area contributed by atoms with E-state index in [9.17, 15) is 0 Å². The number of likely N-dealkylation sites (N-methyl/N-ethyl adjacent to an activating group) is 2. The molecule has 0 radical (unpaired) electrons. The Hall–Kier alpha value is -1.65. The van der Waals surface area contributed by atoms with E-state index in [0.29, 0.717) is 6.04 Å². The van der Waals surface area contributed by atoms with Crippen LogP contribution in [0.25, 0.3) is 10.9 Å². The Morgan fingerprint density at radius 1 is 1.23 bits per heavy atom. The third-order valence-corrected chi connectivity index (χ3v) is 4.69. The van der Waals surface area contributed by atoms with Crippen molar-refractivity contribution in [3.63, 3.8) is 0 Å². The predicted octanol–water partition coefficient (Wildman–Crippen LogP) is 2.51. The second-order valence-electron chi connectivity index (χ2n) is 6.61. The van der Waals surface area contributed by atoms with Crippen LogP contribution in [-0.4, -0.2) is 61.1 Å². The molecule has 0 amide bonds. The van der Waals surface area contributed by atoms with Gasteiger partial charge in [-0.25, -0.2) is 0 Å². The number of hydrogen-bond acceptors (Lipinski definition) is 4. The molecule has 1 N–H and O–H groups in total. The van der Waals surface area contributed by atoms with E-state index in [-0.39, 0.29) is 0 Å². The molecule has 1 atom stereocenters. The maximum absolute atomic E-state index is 4.55. The van der Waals surface area contributed by atoms with Crippen molar-refractivity contribution in [3.05, 3.63) is 35.5 Å². The molecule has 4 nitrogen and oxygen atoms in total. The zero-order chi connectivity index (χ0) is 15.7. The van der Waals surface area contributed by atoms with Gasteiger partial charge in [-0.3, -0.25) is 9.88 Å². The maximum Gasteiger partial charge on any atom is 0.0752 e. The zero-order valence-corrected chi connectivity index (χ0v) is 14.1. The summed E-state index contributed by atoms with van der Waals surface area (Å²) in [6, 6.07) is 7.07. The average Bonchev–Trinajstić information content (AvgIpc) is 2.48. The number of aromatic nitrogens is 1. The number of rotatable bonds is 3. The van der Waals surface area contributed by atoms with Crippen molar-refractivity contribution in [2.45, 2.75) is 19.9 Å². The van der Waals surface area contributed by atoms with E-state index < -0.39 is 0 Å². The summed E-state index contributed by atoms with van der Waals surface area (Å²) in [5, 5.41) is 4.88. The molecule has 1 aromatic carbocycles. The highest BCUT2D eigenvalue weighted by Crippen LogP contribution is 2.25. The minimum absolute atomic E-state index is 0.549. The molecule has 1 fully saturated rings. The summed E-state index contributed by atoms with van der Waals surface area (Å²) in [5.41, 5.74) is 4.83. The van der Waals surface area contributed by atoms with Gasteiger partial charge in [0.25, 0.3) is 0 Å². The van der Waals surface area contributed by atoms with Gasteiger partial charge in [-0.05, 0) is 45.6 Å². The summed E-state index contributed by atoms with van der Waals surface area (Å²) in [5.74, 6) is 0. The fourth-order valence-electron chi connectivity index (χ4n) is 3.32. The number of aryl methyl sites for hydroxylation is 2. The summed E-state index contributed by atoms with van der Waals surface area (Å²) in [6.07, 6.45) is 1.91. The molecule has 2 aromatic rings. The highest BCUT2D eigenvalue weighted by Gasteiger charge is 2.21. The standard InChI is InChI=1S/C18H26N4/c1-13-9-14(2)18-16(10-13)17(5-6-19-18)20-11-15-12-21(3)7-8-22(15)4/h5-6,9-10,15H,7-8,11-12H2,1-4H3,(H,19,20). The Bertz CT molecular complexity index is 667. The molecular weight excluding hydrogens is 272 g/mol. The number of pyridine rings is 1. The van der Waals surface area contributed by atoms with Crippen LogP contribution in [0, 0.1) is 13.8 Å². The Morgan fingerprint density at radius 2 is 2.05 bits per heavy atom. The van der Waals surface area contributed by atoms with Crippen LogP contribution in [0.15, 0.2) is 24.4 Å². The second kappa shape index (κ2) is 6.23. The Balaban J connectivity index is 1.82. The maximum atomic E-state index is 4.55. The number of nitrogens with one attached hydrogen (secondary N) is 1. The van der Waals surface area contributed by atoms with Crippen molar-refractivity contribution in [1.82, 2.24) is 14.8 Å². The normalized spacial score (nSPS) is 20.5. The number of nitrogens with zero attached hydrogens (tertiary/aromatic N) is 3. The van der Waals surface area contributed by atoms with E-state index in [1.165, 1.54) is 22.2 Å². The summed E-state index contributed by atoms with van der Waals surface area (Å²) in [7, 11) is 4.42. The molecule has 1 unspecified atom stereocenters. The van der Waals surface area contributed by atoms with Crippen LogP contribution in [0.2, 0.25) is 0 Å². The lowest BCUT2D eigenvalue weighted by atomic mass is 10.1. The molecule has 1 aromatic heterocycles. The van der Waals surface area contributed by atoms with Crippen molar-refractivity contribution in [2.24, 2.45) is 0 Å². The average molecular weight is 298 g/mol. The molecule has 1 aliphatic rings. The number of benzene rings is 1. The van der Waals surface area contributed by atoms with Gasteiger partial charge in [0.05, 0.1) is 5.52 Å². The first kappa shape index (κ1) is 15.3. The van der Waals surface area contributed by atoms with Crippen LogP contribution in [0.3, 0.4) is 0 Å². The van der Waals surface area contributed by atoms with Gasteiger partial charge in [0, 0.05) is 49.5 Å². The lowest BCUT2D eigenvalue weighted by Gasteiger charge is -2.38. The van der Waals surface area contributed by atoms with Gasteiger partial charge in [0.15, 0.2) is 0 Å². The monoisotopic (exact) mass is 298 g/mol. The van der Waals surface area contributed by atoms with E-state index >= 15 is 0 Å². The fraction of sp³-hybridized carbons (Fsp3) is 0.500. The van der Waals surface area contributed by atoms with Gasteiger partial charge in [-0.1, -0.05) is 11.6 Å². The quantitative estimate of drug-likeness (QED) is 0.943. The molecule has 118 valence electrons. The molecule has 0 spiro atoms. The molecule has 22 heavy (non-hydrogen) atoms. The summed E-state index contributed by atoms with van der Waals surface area (Å²) >= 11 is 0. The molecule has 0 aliphatic carbocycles. The molecule has 1 aliphatic heterocycles. The summed E-state index contributed by atoms with van der Waals surface area (Å²) < 4.78 is 0. The molecular formula is C18H26N4. The first-order valence-electron chi connectivity index (χ1n) is 8.03. The first-order valence-corrected chi connectivity index (χ1v) is 8.03. The molecule has 0 bridgehead atoms. The summed E-state index contributed by atoms with van der Waals surface area (Å²) in [4.78, 5) is 9.40. The predicted molar refractivity (Wildman–Crippen MR) is 93.6 cm³/mol. The van der Waals surface area contributed by atoms with E-state index in [4.69, 9.17) is 0 Å². The second-order valence-corrected chi connectivity index (χ2v) is 6.61. The van der Waals surface area contributed by atoms with Gasteiger partial charge >= 0.3 is 0 Å². The fourth-order valence-corrected chi connectivity index (χ4v) is 3.32. The van der Waals surface area contributed by atoms with Crippen LogP contribution in [0.1, 0.15) is 11.1 Å². The summed E-state index contributed by atoms with van der Waals surface area (Å²) in [6.45, 7) is 8.66. The van der Waals surface area contributed by atoms with Crippen molar-refractivity contribution in [3.8, 4) is 0 Å². The van der Waals surface area contributed by atoms with Crippen LogP contribution in [0.5, 0.6) is 0 Å². The SMILES string of the molecule is Cc1cc(C)c2nccc(NCC3CN(C)CCN3C)c2c1. The van der Waals surface area contributed by atoms with Crippen molar-refractivity contribution in [2.75, 3.05) is 45.6 Å². The largest absolute Gasteiger partial charge is 0.383 e. The lowest BCUT2D eigenvalue weighted by Crippen LogP contribution is -2.52. The van der Waals surface area contributed by atoms with Gasteiger partial charge in [0.2, 0.25) is 0 Å². The molecule has 3 rings (SSSR count). The van der Waals surface area contributed by atoms with Crippen LogP contribution < -0.4 is 5.32 Å². The van der Waals surface area contributed by atoms with Gasteiger partial charge in [-0.2, -0.15) is 0 Å². The Labute approximate surface area is 133 Å². The number of hydrogen-bond donors (Lipinski definition) is 1. The topological polar surface area (TPSA) is 31.4 Å². The minimum atomic E-state index is 0.549. The zero-order valence-electron chi connectivity index (χ0n) is 14.1. The van der Waals surface area contributed by atoms with Crippen molar-refractivity contribution in [1.29, 1.82) is 0 Å². The van der Waals surface area contributed by atoms with E-state index in [1.54, 1.807) is 0 Å². The molecule has 4 heteroatoms. The van der Waals surface area contributed by atoms with Crippen LogP contribution in [0.4, 0.5) is 5.69 Å². The van der Waals surface area contributed by atoms with E-state index in [0.717, 1.165) is 31.7 Å². The molecule has 2 heterocycles. The lowest BCUT2D eigenvalue weighted by molar-refractivity contribution is 0.122. The third-order valence-electron chi connectivity index (χ3n) is 4.69. The highest BCUT2D eigenvalue weighted by molar-refractivity contribution is 5.93. The van der Waals surface area contributed by atoms with Gasteiger partial charge < -0.3 is 10.2 Å². The highest BCUT2D eigenvalue weighted by atomic mass is 15.3. The van der Waals surface area contributed by atoms with Gasteiger partial charge in [-0.15, -0.1) is 0 Å². The van der Waals surface area contributed by atoms with Crippen molar-refractivity contribution < 1.29 is 0 Å². The molecule has 0 saturated carbocycles. The smallest absolute Gasteiger partial charge is 0.0752 e. The first-order chi connectivity index (χ1) is 10.5. The minimum Gasteiger partial charge on any atom is -0.383 e. The Morgan fingerprint density at radius 3 is 2.86 bits per heavy atom. The number of piperazine rings is 1. The Kier molecular flexibility index (Phi) is 4.32. The van der Waals surface area contributed by atoms with E-state index in [2.05, 4.69) is 66.2 Å². The number of anilines is 1. The van der Waals surface area contributed by atoms with E-state index in [1.807, 2.05) is 6.20 Å².